The molecule has 2 saturated carbocycles. The van der Waals surface area contributed by atoms with Crippen molar-refractivity contribution in [3.8, 4) is 0 Å². The molecule has 0 aliphatic heterocycles. The van der Waals surface area contributed by atoms with Gasteiger partial charge in [-0.05, 0) is 78.8 Å². The van der Waals surface area contributed by atoms with Crippen molar-refractivity contribution in [1.82, 2.24) is 15.1 Å². The molecular weight excluding hydrogens is 326 g/mol. The summed E-state index contributed by atoms with van der Waals surface area (Å²) in [6.07, 6.45) is 6.49. The van der Waals surface area contributed by atoms with E-state index in [1.165, 1.54) is 48.1 Å². The van der Waals surface area contributed by atoms with Gasteiger partial charge in [0.2, 0.25) is 0 Å². The van der Waals surface area contributed by atoms with Crippen LogP contribution in [-0.2, 0) is 19.4 Å². The molecular formula is C17H28BrN3. The smallest absolute Gasteiger partial charge is 0.0766 e. The van der Waals surface area contributed by atoms with E-state index in [4.69, 9.17) is 5.10 Å². The monoisotopic (exact) mass is 353 g/mol. The van der Waals surface area contributed by atoms with Crippen molar-refractivity contribution in [2.24, 2.45) is 17.3 Å². The van der Waals surface area contributed by atoms with Crippen LogP contribution in [0.4, 0.5) is 0 Å². The summed E-state index contributed by atoms with van der Waals surface area (Å²) in [5.41, 5.74) is 3.10. The molecule has 2 fully saturated rings. The summed E-state index contributed by atoms with van der Waals surface area (Å²) in [5.74, 6) is 2.04. The normalized spacial score (nSPS) is 30.7. The van der Waals surface area contributed by atoms with Crippen molar-refractivity contribution < 1.29 is 0 Å². The zero-order chi connectivity index (χ0) is 15.0. The first-order chi connectivity index (χ1) is 10.1. The molecule has 0 spiro atoms. The molecule has 1 aromatic rings. The number of hydrogen-bond donors (Lipinski definition) is 1. The lowest BCUT2D eigenvalue weighted by Crippen LogP contribution is -2.36. The number of rotatable bonds is 7. The third kappa shape index (κ3) is 2.94. The van der Waals surface area contributed by atoms with Gasteiger partial charge in [-0.25, -0.2) is 0 Å². The van der Waals surface area contributed by atoms with E-state index in [1.54, 1.807) is 0 Å². The van der Waals surface area contributed by atoms with Gasteiger partial charge in [-0.1, -0.05) is 13.8 Å². The van der Waals surface area contributed by atoms with Crippen molar-refractivity contribution in [3.05, 3.63) is 15.9 Å². The third-order valence-electron chi connectivity index (χ3n) is 5.45. The van der Waals surface area contributed by atoms with E-state index in [9.17, 15) is 0 Å². The first-order valence-electron chi connectivity index (χ1n) is 8.57. The van der Waals surface area contributed by atoms with Crippen LogP contribution in [0, 0.1) is 17.3 Å². The van der Waals surface area contributed by atoms with Gasteiger partial charge in [-0.3, -0.25) is 4.68 Å². The van der Waals surface area contributed by atoms with Crippen LogP contribution in [-0.4, -0.2) is 22.9 Å². The minimum Gasteiger partial charge on any atom is -0.316 e. The fourth-order valence-corrected chi connectivity index (χ4v) is 4.99. The van der Waals surface area contributed by atoms with Crippen LogP contribution in [0.2, 0.25) is 0 Å². The van der Waals surface area contributed by atoms with Crippen LogP contribution in [0.25, 0.3) is 0 Å². The Morgan fingerprint density at radius 2 is 2.00 bits per heavy atom. The molecule has 0 aromatic carbocycles. The first kappa shape index (κ1) is 15.5. The Kier molecular flexibility index (Phi) is 4.47. The molecule has 1 N–H and O–H groups in total. The van der Waals surface area contributed by atoms with Crippen LogP contribution < -0.4 is 5.32 Å². The lowest BCUT2D eigenvalue weighted by Gasteiger charge is -2.31. The van der Waals surface area contributed by atoms with E-state index >= 15 is 0 Å². The van der Waals surface area contributed by atoms with Gasteiger partial charge in [-0.2, -0.15) is 5.10 Å². The molecule has 1 aromatic heterocycles. The van der Waals surface area contributed by atoms with E-state index < -0.39 is 0 Å². The van der Waals surface area contributed by atoms with Crippen molar-refractivity contribution in [2.45, 2.75) is 59.4 Å². The predicted octanol–water partition coefficient (Wildman–Crippen LogP) is 3.80. The van der Waals surface area contributed by atoms with Crippen LogP contribution >= 0.6 is 15.9 Å². The van der Waals surface area contributed by atoms with E-state index in [0.29, 0.717) is 5.41 Å². The van der Waals surface area contributed by atoms with Gasteiger partial charge in [0, 0.05) is 13.1 Å². The molecule has 1 heterocycles. The third-order valence-corrected chi connectivity index (χ3v) is 6.36. The summed E-state index contributed by atoms with van der Waals surface area (Å²) in [5, 5.41) is 8.40. The number of hydrogen-bond acceptors (Lipinski definition) is 2. The molecule has 2 unspecified atom stereocenters. The molecule has 21 heavy (non-hydrogen) atoms. The average Bonchev–Trinajstić information content (AvgIpc) is 2.99. The molecule has 0 bridgehead atoms. The molecule has 3 nitrogen and oxygen atoms in total. The Morgan fingerprint density at radius 3 is 2.57 bits per heavy atom. The number of nitrogens with zero attached hydrogens (tertiary/aromatic N) is 2. The van der Waals surface area contributed by atoms with Crippen LogP contribution in [0.3, 0.4) is 0 Å². The zero-order valence-electron chi connectivity index (χ0n) is 13.6. The molecule has 2 aliphatic carbocycles. The Morgan fingerprint density at radius 1 is 1.29 bits per heavy atom. The highest BCUT2D eigenvalue weighted by Gasteiger charge is 2.53. The Bertz CT molecular complexity index is 498. The topological polar surface area (TPSA) is 29.9 Å². The van der Waals surface area contributed by atoms with Crippen molar-refractivity contribution in [1.29, 1.82) is 0 Å². The molecule has 3 rings (SSSR count). The van der Waals surface area contributed by atoms with E-state index in [2.05, 4.69) is 46.7 Å². The SMILES string of the molecule is CCNCC1(Cc2c(Br)c(CC)nn2CC)CC2CC2C1. The van der Waals surface area contributed by atoms with Crippen LogP contribution in [0.1, 0.15) is 51.4 Å². The largest absolute Gasteiger partial charge is 0.316 e. The highest BCUT2D eigenvalue weighted by Crippen LogP contribution is 2.60. The van der Waals surface area contributed by atoms with Gasteiger partial charge >= 0.3 is 0 Å². The van der Waals surface area contributed by atoms with Gasteiger partial charge in [0.05, 0.1) is 15.9 Å². The lowest BCUT2D eigenvalue weighted by molar-refractivity contribution is 0.244. The molecule has 0 amide bonds. The van der Waals surface area contributed by atoms with Crippen LogP contribution in [0.15, 0.2) is 4.47 Å². The zero-order valence-corrected chi connectivity index (χ0v) is 15.2. The summed E-state index contributed by atoms with van der Waals surface area (Å²) < 4.78 is 3.49. The summed E-state index contributed by atoms with van der Waals surface area (Å²) in [7, 11) is 0. The maximum atomic E-state index is 4.78. The maximum Gasteiger partial charge on any atom is 0.0766 e. The second kappa shape index (κ2) is 6.04. The number of aryl methyl sites for hydroxylation is 2. The number of halogens is 1. The van der Waals surface area contributed by atoms with Gasteiger partial charge in [0.25, 0.3) is 0 Å². The fraction of sp³-hybridized carbons (Fsp3) is 0.824. The van der Waals surface area contributed by atoms with Gasteiger partial charge in [-0.15, -0.1) is 0 Å². The summed E-state index contributed by atoms with van der Waals surface area (Å²) in [4.78, 5) is 0. The molecule has 0 saturated heterocycles. The van der Waals surface area contributed by atoms with Crippen molar-refractivity contribution in [3.63, 3.8) is 0 Å². The summed E-state index contributed by atoms with van der Waals surface area (Å²) in [6.45, 7) is 9.81. The first-order valence-corrected chi connectivity index (χ1v) is 9.36. The highest BCUT2D eigenvalue weighted by atomic mass is 79.9. The Balaban J connectivity index is 1.84. The van der Waals surface area contributed by atoms with Crippen LogP contribution in [0.5, 0.6) is 0 Å². The predicted molar refractivity (Wildman–Crippen MR) is 90.5 cm³/mol. The minimum absolute atomic E-state index is 0.462. The quantitative estimate of drug-likeness (QED) is 0.807. The maximum absolute atomic E-state index is 4.78. The average molecular weight is 354 g/mol. The molecule has 4 heteroatoms. The van der Waals surface area contributed by atoms with Gasteiger partial charge in [0.1, 0.15) is 0 Å². The number of aromatic nitrogens is 2. The molecule has 0 radical (unpaired) electrons. The highest BCUT2D eigenvalue weighted by molar-refractivity contribution is 9.10. The van der Waals surface area contributed by atoms with Crippen molar-refractivity contribution >= 4 is 15.9 Å². The van der Waals surface area contributed by atoms with E-state index in [0.717, 1.165) is 31.3 Å². The second-order valence-corrected chi connectivity index (χ2v) is 7.79. The number of nitrogens with one attached hydrogen (secondary N) is 1. The fourth-order valence-electron chi connectivity index (χ4n) is 4.29. The lowest BCUT2D eigenvalue weighted by atomic mass is 9.78. The van der Waals surface area contributed by atoms with Gasteiger partial charge in [0.15, 0.2) is 0 Å². The standard InChI is InChI=1S/C17H28BrN3/c1-4-14-16(18)15(21(6-3)20-14)10-17(11-19-5-2)8-12-7-13(12)9-17/h12-13,19H,4-11H2,1-3H3. The van der Waals surface area contributed by atoms with E-state index in [1.807, 2.05) is 0 Å². The Hall–Kier alpha value is -0.350. The van der Waals surface area contributed by atoms with Gasteiger partial charge < -0.3 is 5.32 Å². The van der Waals surface area contributed by atoms with Crippen molar-refractivity contribution in [2.75, 3.05) is 13.1 Å². The second-order valence-electron chi connectivity index (χ2n) is 7.00. The molecule has 2 aliphatic rings. The van der Waals surface area contributed by atoms with E-state index in [-0.39, 0.29) is 0 Å². The minimum atomic E-state index is 0.462. The molecule has 118 valence electrons. The number of fused-ring (bicyclic) bond motifs is 1. The summed E-state index contributed by atoms with van der Waals surface area (Å²) in [6, 6.07) is 0. The molecule has 2 atom stereocenters. The Labute approximate surface area is 137 Å². The summed E-state index contributed by atoms with van der Waals surface area (Å²) >= 11 is 3.83.